The molecule has 2 atom stereocenters. The third-order valence-corrected chi connectivity index (χ3v) is 3.31. The van der Waals surface area contributed by atoms with Gasteiger partial charge >= 0.3 is 0 Å². The SMILES string of the molecule is CCC(=NOC)C(=NO)[C@@H]1C[C@H]1c1ccccc1. The summed E-state index contributed by atoms with van der Waals surface area (Å²) < 4.78 is 0. The molecule has 4 nitrogen and oxygen atoms in total. The molecule has 18 heavy (non-hydrogen) atoms. The summed E-state index contributed by atoms with van der Waals surface area (Å²) >= 11 is 0. The molecule has 96 valence electrons. The first-order chi connectivity index (χ1) is 8.81. The summed E-state index contributed by atoms with van der Waals surface area (Å²) in [6.45, 7) is 1.98. The van der Waals surface area contributed by atoms with Crippen LogP contribution in [-0.2, 0) is 4.84 Å². The maximum absolute atomic E-state index is 9.18. The molecule has 2 rings (SSSR count). The van der Waals surface area contributed by atoms with Crippen LogP contribution < -0.4 is 0 Å². The number of hydrogen-bond donors (Lipinski definition) is 1. The number of oxime groups is 2. The first-order valence-electron chi connectivity index (χ1n) is 6.19. The van der Waals surface area contributed by atoms with E-state index >= 15 is 0 Å². The summed E-state index contributed by atoms with van der Waals surface area (Å²) in [5.74, 6) is 0.692. The van der Waals surface area contributed by atoms with Gasteiger partial charge in [-0.15, -0.1) is 0 Å². The van der Waals surface area contributed by atoms with Crippen LogP contribution in [0.1, 0.15) is 31.2 Å². The predicted molar refractivity (Wildman–Crippen MR) is 71.2 cm³/mol. The molecule has 1 saturated carbocycles. The van der Waals surface area contributed by atoms with Crippen molar-refractivity contribution in [3.05, 3.63) is 35.9 Å². The first kappa shape index (κ1) is 12.6. The molecule has 0 unspecified atom stereocenters. The fraction of sp³-hybridized carbons (Fsp3) is 0.429. The van der Waals surface area contributed by atoms with Crippen LogP contribution in [0.2, 0.25) is 0 Å². The van der Waals surface area contributed by atoms with Crippen molar-refractivity contribution in [2.24, 2.45) is 16.2 Å². The van der Waals surface area contributed by atoms with Crippen LogP contribution in [0.4, 0.5) is 0 Å². The molecule has 1 fully saturated rings. The van der Waals surface area contributed by atoms with Gasteiger partial charge in [-0.05, 0) is 24.3 Å². The minimum absolute atomic E-state index is 0.256. The highest BCUT2D eigenvalue weighted by Gasteiger charge is 2.43. The highest BCUT2D eigenvalue weighted by Crippen LogP contribution is 2.48. The number of rotatable bonds is 5. The highest BCUT2D eigenvalue weighted by molar-refractivity contribution is 6.43. The summed E-state index contributed by atoms with van der Waals surface area (Å²) in [5, 5.41) is 16.5. The summed E-state index contributed by atoms with van der Waals surface area (Å²) in [5.41, 5.74) is 2.67. The Balaban J connectivity index is 2.12. The normalized spacial score (nSPS) is 23.9. The predicted octanol–water partition coefficient (Wildman–Crippen LogP) is 3.03. The van der Waals surface area contributed by atoms with Gasteiger partial charge in [0.2, 0.25) is 0 Å². The Hall–Kier alpha value is -1.84. The van der Waals surface area contributed by atoms with Gasteiger partial charge in [-0.2, -0.15) is 0 Å². The van der Waals surface area contributed by atoms with E-state index in [9.17, 15) is 5.21 Å². The minimum Gasteiger partial charge on any atom is -0.411 e. The average Bonchev–Trinajstić information content (AvgIpc) is 3.20. The lowest BCUT2D eigenvalue weighted by Gasteiger charge is -2.05. The van der Waals surface area contributed by atoms with Crippen LogP contribution in [0.15, 0.2) is 40.6 Å². The van der Waals surface area contributed by atoms with Crippen LogP contribution in [-0.4, -0.2) is 23.7 Å². The zero-order valence-corrected chi connectivity index (χ0v) is 10.7. The van der Waals surface area contributed by atoms with Crippen LogP contribution in [0.25, 0.3) is 0 Å². The quantitative estimate of drug-likeness (QED) is 0.493. The lowest BCUT2D eigenvalue weighted by Crippen LogP contribution is -2.17. The molecular weight excluding hydrogens is 228 g/mol. The van der Waals surface area contributed by atoms with Gasteiger partial charge in [-0.25, -0.2) is 0 Å². The fourth-order valence-electron chi connectivity index (χ4n) is 2.31. The third kappa shape index (κ3) is 2.53. The lowest BCUT2D eigenvalue weighted by atomic mass is 10.0. The van der Waals surface area contributed by atoms with Gasteiger partial charge in [-0.1, -0.05) is 47.6 Å². The second-order valence-electron chi connectivity index (χ2n) is 4.42. The zero-order valence-electron chi connectivity index (χ0n) is 10.7. The summed E-state index contributed by atoms with van der Waals surface area (Å²) in [6.07, 6.45) is 1.71. The number of nitrogens with zero attached hydrogens (tertiary/aromatic N) is 2. The molecule has 0 heterocycles. The van der Waals surface area contributed by atoms with E-state index in [1.807, 2.05) is 25.1 Å². The summed E-state index contributed by atoms with van der Waals surface area (Å²) in [4.78, 5) is 4.79. The average molecular weight is 246 g/mol. The second kappa shape index (κ2) is 5.67. The van der Waals surface area contributed by atoms with Gasteiger partial charge in [0.05, 0.1) is 0 Å². The fourth-order valence-corrected chi connectivity index (χ4v) is 2.31. The Labute approximate surface area is 107 Å². The van der Waals surface area contributed by atoms with Gasteiger partial charge in [0.1, 0.15) is 18.5 Å². The van der Waals surface area contributed by atoms with Gasteiger partial charge in [0.15, 0.2) is 0 Å². The smallest absolute Gasteiger partial charge is 0.108 e. The van der Waals surface area contributed by atoms with Crippen LogP contribution >= 0.6 is 0 Å². The topological polar surface area (TPSA) is 54.2 Å². The van der Waals surface area contributed by atoms with Crippen LogP contribution in [0.3, 0.4) is 0 Å². The van der Waals surface area contributed by atoms with E-state index in [4.69, 9.17) is 4.84 Å². The largest absolute Gasteiger partial charge is 0.411 e. The van der Waals surface area contributed by atoms with Crippen molar-refractivity contribution >= 4 is 11.4 Å². The molecule has 1 aromatic rings. The van der Waals surface area contributed by atoms with E-state index in [0.717, 1.165) is 12.1 Å². The van der Waals surface area contributed by atoms with E-state index in [1.54, 1.807) is 0 Å². The lowest BCUT2D eigenvalue weighted by molar-refractivity contribution is 0.213. The van der Waals surface area contributed by atoms with Crippen molar-refractivity contribution in [1.82, 2.24) is 0 Å². The standard InChI is InChI=1S/C14H18N2O2/c1-3-13(16-18-2)14(15-17)12-9-11(12)10-7-5-4-6-8-10/h4-8,11-12,17H,3,9H2,1-2H3/t11-,12+/m0/s1. The maximum atomic E-state index is 9.18. The Bertz CT molecular complexity index is 454. The molecule has 0 aromatic heterocycles. The van der Waals surface area contributed by atoms with Gasteiger partial charge in [0, 0.05) is 5.92 Å². The van der Waals surface area contributed by atoms with E-state index in [-0.39, 0.29) is 5.92 Å². The van der Waals surface area contributed by atoms with Crippen molar-refractivity contribution < 1.29 is 10.0 Å². The number of benzene rings is 1. The van der Waals surface area contributed by atoms with Crippen molar-refractivity contribution in [2.45, 2.75) is 25.7 Å². The zero-order chi connectivity index (χ0) is 13.0. The first-order valence-corrected chi connectivity index (χ1v) is 6.19. The Morgan fingerprint density at radius 3 is 2.67 bits per heavy atom. The Morgan fingerprint density at radius 1 is 1.39 bits per heavy atom. The van der Waals surface area contributed by atoms with Crippen molar-refractivity contribution in [3.63, 3.8) is 0 Å². The van der Waals surface area contributed by atoms with Gasteiger partial charge in [-0.3, -0.25) is 0 Å². The molecule has 0 spiro atoms. The van der Waals surface area contributed by atoms with E-state index in [1.165, 1.54) is 12.7 Å². The molecule has 0 radical (unpaired) electrons. The molecule has 1 aliphatic rings. The monoisotopic (exact) mass is 246 g/mol. The molecular formula is C14H18N2O2. The van der Waals surface area contributed by atoms with E-state index in [2.05, 4.69) is 22.4 Å². The number of hydrogen-bond acceptors (Lipinski definition) is 4. The second-order valence-corrected chi connectivity index (χ2v) is 4.42. The molecule has 0 saturated heterocycles. The van der Waals surface area contributed by atoms with Gasteiger partial charge < -0.3 is 10.0 Å². The van der Waals surface area contributed by atoms with Gasteiger partial charge in [0.25, 0.3) is 0 Å². The summed E-state index contributed by atoms with van der Waals surface area (Å²) in [6, 6.07) is 10.3. The Morgan fingerprint density at radius 2 is 2.11 bits per heavy atom. The molecule has 0 aliphatic heterocycles. The van der Waals surface area contributed by atoms with Crippen LogP contribution in [0.5, 0.6) is 0 Å². The molecule has 4 heteroatoms. The van der Waals surface area contributed by atoms with Crippen LogP contribution in [0, 0.1) is 5.92 Å². The minimum atomic E-state index is 0.256. The highest BCUT2D eigenvalue weighted by atomic mass is 16.6. The van der Waals surface area contributed by atoms with Crippen molar-refractivity contribution in [1.29, 1.82) is 0 Å². The van der Waals surface area contributed by atoms with E-state index in [0.29, 0.717) is 18.1 Å². The van der Waals surface area contributed by atoms with E-state index < -0.39 is 0 Å². The maximum Gasteiger partial charge on any atom is 0.108 e. The van der Waals surface area contributed by atoms with Crippen molar-refractivity contribution in [3.8, 4) is 0 Å². The molecule has 1 aliphatic carbocycles. The molecule has 1 N–H and O–H groups in total. The summed E-state index contributed by atoms with van der Waals surface area (Å²) in [7, 11) is 1.51. The van der Waals surface area contributed by atoms with Crippen molar-refractivity contribution in [2.75, 3.05) is 7.11 Å². The molecule has 0 amide bonds. The molecule has 0 bridgehead atoms. The third-order valence-electron chi connectivity index (χ3n) is 3.31. The Kier molecular flexibility index (Phi) is 3.97. The molecule has 1 aromatic carbocycles.